The molecule has 0 amide bonds. The van der Waals surface area contributed by atoms with Crippen LogP contribution in [0.5, 0.6) is 0 Å². The fourth-order valence-electron chi connectivity index (χ4n) is 3.31. The average molecular weight is 416 g/mol. The SMILES string of the molecule is Cc1cc(C)c(S(=O)(=O)N2CCNCC2c2nccn2C)cc1[N+](=O)[O-].Cl. The fraction of sp³-hybridized carbons (Fsp3) is 0.438. The van der Waals surface area contributed by atoms with Gasteiger partial charge in [-0.25, -0.2) is 13.4 Å². The lowest BCUT2D eigenvalue weighted by Gasteiger charge is -2.35. The summed E-state index contributed by atoms with van der Waals surface area (Å²) >= 11 is 0. The molecule has 0 bridgehead atoms. The zero-order valence-corrected chi connectivity index (χ0v) is 16.9. The molecule has 1 atom stereocenters. The molecule has 1 N–H and O–H groups in total. The molecule has 11 heteroatoms. The standard InChI is InChI=1S/C16H21N5O4S.ClH/c1-11-8-12(2)15(9-13(11)21(22)23)26(24,25)20-7-4-17-10-14(20)16-18-5-6-19(16)3;/h5-6,8-9,14,17H,4,7,10H2,1-3H3;1H. The van der Waals surface area contributed by atoms with E-state index in [4.69, 9.17) is 0 Å². The van der Waals surface area contributed by atoms with Crippen LogP contribution in [-0.2, 0) is 17.1 Å². The van der Waals surface area contributed by atoms with Crippen LogP contribution in [0, 0.1) is 24.0 Å². The summed E-state index contributed by atoms with van der Waals surface area (Å²) in [6, 6.07) is 2.23. The fourth-order valence-corrected chi connectivity index (χ4v) is 5.13. The number of imidazole rings is 1. The van der Waals surface area contributed by atoms with Gasteiger partial charge in [-0.05, 0) is 25.5 Å². The highest BCUT2D eigenvalue weighted by atomic mass is 35.5. The van der Waals surface area contributed by atoms with E-state index in [0.29, 0.717) is 30.0 Å². The lowest BCUT2D eigenvalue weighted by molar-refractivity contribution is -0.385. The Hall–Kier alpha value is -2.01. The summed E-state index contributed by atoms with van der Waals surface area (Å²) in [6.07, 6.45) is 3.38. The second-order valence-electron chi connectivity index (χ2n) is 6.39. The van der Waals surface area contributed by atoms with Crippen LogP contribution in [0.25, 0.3) is 0 Å². The predicted octanol–water partition coefficient (Wildman–Crippen LogP) is 1.70. The predicted molar refractivity (Wildman–Crippen MR) is 103 cm³/mol. The minimum Gasteiger partial charge on any atom is -0.337 e. The number of aryl methyl sites for hydroxylation is 3. The van der Waals surface area contributed by atoms with Gasteiger partial charge in [0, 0.05) is 50.7 Å². The molecule has 1 aromatic carbocycles. The molecule has 0 aliphatic carbocycles. The summed E-state index contributed by atoms with van der Waals surface area (Å²) in [5.74, 6) is 0.625. The molecule has 0 radical (unpaired) electrons. The van der Waals surface area contributed by atoms with Gasteiger partial charge in [-0.3, -0.25) is 10.1 Å². The van der Waals surface area contributed by atoms with E-state index in [0.717, 1.165) is 6.07 Å². The number of sulfonamides is 1. The quantitative estimate of drug-likeness (QED) is 0.601. The summed E-state index contributed by atoms with van der Waals surface area (Å²) < 4.78 is 29.9. The van der Waals surface area contributed by atoms with Crippen LogP contribution in [0.15, 0.2) is 29.4 Å². The van der Waals surface area contributed by atoms with E-state index in [1.807, 2.05) is 7.05 Å². The zero-order chi connectivity index (χ0) is 19.1. The highest BCUT2D eigenvalue weighted by molar-refractivity contribution is 7.89. The van der Waals surface area contributed by atoms with E-state index in [1.54, 1.807) is 36.9 Å². The van der Waals surface area contributed by atoms with Crippen LogP contribution in [0.4, 0.5) is 5.69 Å². The molecular weight excluding hydrogens is 394 g/mol. The Morgan fingerprint density at radius 3 is 2.59 bits per heavy atom. The monoisotopic (exact) mass is 415 g/mol. The highest BCUT2D eigenvalue weighted by Crippen LogP contribution is 2.32. The van der Waals surface area contributed by atoms with Crippen molar-refractivity contribution < 1.29 is 13.3 Å². The maximum atomic E-state index is 13.3. The normalized spacial score (nSPS) is 18.1. The second-order valence-corrected chi connectivity index (χ2v) is 8.25. The lowest BCUT2D eigenvalue weighted by atomic mass is 10.1. The second kappa shape index (κ2) is 7.93. The van der Waals surface area contributed by atoms with E-state index in [1.165, 1.54) is 4.31 Å². The number of nitrogens with one attached hydrogen (secondary N) is 1. The smallest absolute Gasteiger partial charge is 0.273 e. The van der Waals surface area contributed by atoms with Crippen LogP contribution >= 0.6 is 12.4 Å². The number of nitro benzene ring substituents is 1. The first-order chi connectivity index (χ1) is 12.2. The molecule has 1 aliphatic heterocycles. The number of aromatic nitrogens is 2. The first kappa shape index (κ1) is 21.3. The van der Waals surface area contributed by atoms with Gasteiger partial charge in [0.25, 0.3) is 5.69 Å². The number of hydrogen-bond donors (Lipinski definition) is 1. The number of rotatable bonds is 4. The first-order valence-corrected chi connectivity index (χ1v) is 9.63. The van der Waals surface area contributed by atoms with E-state index < -0.39 is 21.0 Å². The molecule has 27 heavy (non-hydrogen) atoms. The highest BCUT2D eigenvalue weighted by Gasteiger charge is 2.37. The summed E-state index contributed by atoms with van der Waals surface area (Å²) in [6.45, 7) is 4.45. The van der Waals surface area contributed by atoms with Gasteiger partial charge in [0.15, 0.2) is 0 Å². The van der Waals surface area contributed by atoms with Crippen LogP contribution < -0.4 is 5.32 Å². The number of hydrogen-bond acceptors (Lipinski definition) is 6. The van der Waals surface area contributed by atoms with Crippen molar-refractivity contribution in [2.75, 3.05) is 19.6 Å². The van der Waals surface area contributed by atoms with Gasteiger partial charge in [0.2, 0.25) is 10.0 Å². The Kier molecular flexibility index (Phi) is 6.25. The van der Waals surface area contributed by atoms with Gasteiger partial charge in [-0.1, -0.05) is 0 Å². The van der Waals surface area contributed by atoms with Gasteiger partial charge in [0.05, 0.1) is 15.9 Å². The number of nitro groups is 1. The Balaban J connectivity index is 0.00000261. The Morgan fingerprint density at radius 2 is 2.00 bits per heavy atom. The van der Waals surface area contributed by atoms with E-state index in [9.17, 15) is 18.5 Å². The van der Waals surface area contributed by atoms with Crippen LogP contribution in [-0.4, -0.2) is 46.8 Å². The summed E-state index contributed by atoms with van der Waals surface area (Å²) in [4.78, 5) is 15.0. The third kappa shape index (κ3) is 3.84. The van der Waals surface area contributed by atoms with Crippen molar-refractivity contribution in [3.63, 3.8) is 0 Å². The number of nitrogens with zero attached hydrogens (tertiary/aromatic N) is 4. The molecule has 9 nitrogen and oxygen atoms in total. The Morgan fingerprint density at radius 1 is 1.30 bits per heavy atom. The van der Waals surface area contributed by atoms with Crippen molar-refractivity contribution in [2.24, 2.45) is 7.05 Å². The van der Waals surface area contributed by atoms with Crippen LogP contribution in [0.3, 0.4) is 0 Å². The average Bonchev–Trinajstić information content (AvgIpc) is 3.00. The molecule has 1 fully saturated rings. The summed E-state index contributed by atoms with van der Waals surface area (Å²) in [5, 5.41) is 14.4. The van der Waals surface area contributed by atoms with Gasteiger partial charge in [-0.15, -0.1) is 12.4 Å². The van der Waals surface area contributed by atoms with Crippen molar-refractivity contribution in [2.45, 2.75) is 24.8 Å². The third-order valence-corrected chi connectivity index (χ3v) is 6.68. The minimum absolute atomic E-state index is 0. The molecule has 148 valence electrons. The molecule has 1 unspecified atom stereocenters. The van der Waals surface area contributed by atoms with Gasteiger partial charge >= 0.3 is 0 Å². The molecule has 1 saturated heterocycles. The van der Waals surface area contributed by atoms with Crippen LogP contribution in [0.2, 0.25) is 0 Å². The molecular formula is C16H22ClN5O4S. The molecule has 1 aliphatic rings. The molecule has 0 spiro atoms. The molecule has 2 heterocycles. The van der Waals surface area contributed by atoms with Crippen LogP contribution in [0.1, 0.15) is 23.0 Å². The topological polar surface area (TPSA) is 110 Å². The molecule has 0 saturated carbocycles. The summed E-state index contributed by atoms with van der Waals surface area (Å²) in [5.41, 5.74) is 0.732. The van der Waals surface area contributed by atoms with Crippen molar-refractivity contribution in [3.05, 3.63) is 51.6 Å². The van der Waals surface area contributed by atoms with Crippen molar-refractivity contribution in [1.29, 1.82) is 0 Å². The van der Waals surface area contributed by atoms with Gasteiger partial charge < -0.3 is 9.88 Å². The number of benzene rings is 1. The molecule has 3 rings (SSSR count). The van der Waals surface area contributed by atoms with Crippen molar-refractivity contribution in [1.82, 2.24) is 19.2 Å². The van der Waals surface area contributed by atoms with Crippen molar-refractivity contribution in [3.8, 4) is 0 Å². The maximum absolute atomic E-state index is 13.3. The maximum Gasteiger partial charge on any atom is 0.273 e. The third-order valence-electron chi connectivity index (χ3n) is 4.63. The first-order valence-electron chi connectivity index (χ1n) is 8.19. The largest absolute Gasteiger partial charge is 0.337 e. The van der Waals surface area contributed by atoms with E-state index >= 15 is 0 Å². The molecule has 1 aromatic heterocycles. The molecule has 2 aromatic rings. The number of halogens is 1. The number of piperazine rings is 1. The minimum atomic E-state index is -3.92. The Bertz CT molecular complexity index is 960. The van der Waals surface area contributed by atoms with E-state index in [-0.39, 0.29) is 29.5 Å². The van der Waals surface area contributed by atoms with E-state index in [2.05, 4.69) is 10.3 Å². The van der Waals surface area contributed by atoms with Gasteiger partial charge in [-0.2, -0.15) is 4.31 Å². The summed E-state index contributed by atoms with van der Waals surface area (Å²) in [7, 11) is -2.11. The van der Waals surface area contributed by atoms with Gasteiger partial charge in [0.1, 0.15) is 5.82 Å². The lowest BCUT2D eigenvalue weighted by Crippen LogP contribution is -2.49. The zero-order valence-electron chi connectivity index (χ0n) is 15.2. The Labute approximate surface area is 164 Å². The van der Waals surface area contributed by atoms with Crippen molar-refractivity contribution >= 4 is 28.1 Å².